The number of fused-ring (bicyclic) bond motifs is 1. The summed E-state index contributed by atoms with van der Waals surface area (Å²) in [5.41, 5.74) is 9.42. The average Bonchev–Trinajstić information content (AvgIpc) is 2.92. The van der Waals surface area contributed by atoms with Crippen molar-refractivity contribution >= 4 is 56.9 Å². The van der Waals surface area contributed by atoms with Gasteiger partial charge in [0, 0.05) is 37.3 Å². The first-order valence-corrected chi connectivity index (χ1v) is 13.1. The fourth-order valence-electron chi connectivity index (χ4n) is 3.89. The van der Waals surface area contributed by atoms with Crippen molar-refractivity contribution in [3.63, 3.8) is 0 Å². The fraction of sp³-hybridized carbons (Fsp3) is 0.286. The van der Waals surface area contributed by atoms with Crippen LogP contribution < -0.4 is 10.9 Å². The summed E-state index contributed by atoms with van der Waals surface area (Å²) >= 11 is 11.3. The molecule has 3 rings (SSSR count). The van der Waals surface area contributed by atoms with Gasteiger partial charge in [-0.15, -0.1) is 0 Å². The van der Waals surface area contributed by atoms with Crippen molar-refractivity contribution in [3.05, 3.63) is 83.9 Å². The summed E-state index contributed by atoms with van der Waals surface area (Å²) in [5.74, 6) is 0. The molecule has 36 heavy (non-hydrogen) atoms. The van der Waals surface area contributed by atoms with Crippen LogP contribution in [-0.2, 0) is 0 Å². The second kappa shape index (κ2) is 13.7. The third-order valence-electron chi connectivity index (χ3n) is 5.94. The van der Waals surface area contributed by atoms with Crippen LogP contribution in [0.4, 0.5) is 0 Å². The quantitative estimate of drug-likeness (QED) is 0.225. The second-order valence-corrected chi connectivity index (χ2v) is 8.77. The van der Waals surface area contributed by atoms with E-state index in [1.165, 1.54) is 0 Å². The Morgan fingerprint density at radius 3 is 1.72 bits per heavy atom. The number of nitrogens with one attached hydrogen (secondary N) is 2. The van der Waals surface area contributed by atoms with Gasteiger partial charge in [0.05, 0.1) is 0 Å². The van der Waals surface area contributed by atoms with E-state index in [1.54, 1.807) is 0 Å². The summed E-state index contributed by atoms with van der Waals surface area (Å²) in [5, 5.41) is 13.0. The Labute approximate surface area is 225 Å². The first-order valence-electron chi connectivity index (χ1n) is 12.3. The molecule has 0 aliphatic carbocycles. The number of rotatable bonds is 9. The van der Waals surface area contributed by atoms with Crippen LogP contribution in [-0.4, -0.2) is 57.6 Å². The zero-order valence-corrected chi connectivity index (χ0v) is 23.0. The van der Waals surface area contributed by atoms with Gasteiger partial charge in [-0.1, -0.05) is 72.8 Å². The molecule has 2 N–H and O–H groups in total. The van der Waals surface area contributed by atoms with Crippen LogP contribution >= 0.6 is 24.4 Å². The van der Waals surface area contributed by atoms with Gasteiger partial charge in [0.2, 0.25) is 0 Å². The van der Waals surface area contributed by atoms with E-state index in [0.717, 1.165) is 48.1 Å². The van der Waals surface area contributed by atoms with Crippen molar-refractivity contribution in [2.45, 2.75) is 27.7 Å². The molecule has 0 radical (unpaired) electrons. The largest absolute Gasteiger partial charge is 0.348 e. The molecule has 6 nitrogen and oxygen atoms in total. The van der Waals surface area contributed by atoms with E-state index in [4.69, 9.17) is 34.6 Å². The van der Waals surface area contributed by atoms with Gasteiger partial charge in [-0.25, -0.2) is 0 Å². The first kappa shape index (κ1) is 27.2. The van der Waals surface area contributed by atoms with E-state index in [1.807, 2.05) is 58.3 Å². The molecule has 3 aromatic rings. The fourth-order valence-corrected chi connectivity index (χ4v) is 4.50. The Bertz CT molecular complexity index is 1230. The molecule has 0 amide bonds. The lowest BCUT2D eigenvalue weighted by atomic mass is 9.95. The number of hydrogen-bond acceptors (Lipinski definition) is 4. The van der Waals surface area contributed by atoms with Crippen LogP contribution in [0.15, 0.2) is 83.0 Å². The smallest absolute Gasteiger partial charge is 0.189 e. The standard InChI is InChI=1S/C28H34N6S2/c1-5-33(6-2)27(35)31-29-25(22-16-10-9-11-17-22)26(30-32-28(36)34(7-3)8-4)24-20-14-18-21-15-12-13-19-23(21)24/h9-20H,5-8H2,1-4H3,(H,31,35)(H,32,36). The highest BCUT2D eigenvalue weighted by Gasteiger charge is 2.19. The highest BCUT2D eigenvalue weighted by Crippen LogP contribution is 2.21. The summed E-state index contributed by atoms with van der Waals surface area (Å²) in [6.45, 7) is 11.5. The third-order valence-corrected chi connectivity index (χ3v) is 6.64. The van der Waals surface area contributed by atoms with Gasteiger partial charge in [-0.2, -0.15) is 10.2 Å². The van der Waals surface area contributed by atoms with E-state index in [2.05, 4.69) is 62.8 Å². The summed E-state index contributed by atoms with van der Waals surface area (Å²) in [6, 6.07) is 24.4. The van der Waals surface area contributed by atoms with Crippen molar-refractivity contribution in [2.24, 2.45) is 10.2 Å². The zero-order valence-electron chi connectivity index (χ0n) is 21.4. The van der Waals surface area contributed by atoms with Gasteiger partial charge in [0.15, 0.2) is 10.2 Å². The number of benzene rings is 3. The highest BCUT2D eigenvalue weighted by atomic mass is 32.1. The Morgan fingerprint density at radius 1 is 0.639 bits per heavy atom. The Morgan fingerprint density at radius 2 is 1.14 bits per heavy atom. The predicted octanol–water partition coefficient (Wildman–Crippen LogP) is 5.38. The average molecular weight is 519 g/mol. The van der Waals surface area contributed by atoms with E-state index in [0.29, 0.717) is 21.6 Å². The molecule has 0 fully saturated rings. The molecule has 0 aliphatic heterocycles. The van der Waals surface area contributed by atoms with E-state index in [-0.39, 0.29) is 0 Å². The first-order chi connectivity index (χ1) is 17.5. The Balaban J connectivity index is 2.18. The highest BCUT2D eigenvalue weighted by molar-refractivity contribution is 7.80. The van der Waals surface area contributed by atoms with E-state index < -0.39 is 0 Å². The summed E-state index contributed by atoms with van der Waals surface area (Å²) in [7, 11) is 0. The van der Waals surface area contributed by atoms with Crippen molar-refractivity contribution < 1.29 is 0 Å². The van der Waals surface area contributed by atoms with Crippen molar-refractivity contribution in [2.75, 3.05) is 26.2 Å². The Hall–Kier alpha value is -3.36. The number of hydrogen-bond donors (Lipinski definition) is 2. The molecule has 0 spiro atoms. The lowest BCUT2D eigenvalue weighted by molar-refractivity contribution is 0.457. The minimum atomic E-state index is 0.566. The maximum Gasteiger partial charge on any atom is 0.189 e. The molecule has 0 aromatic heterocycles. The van der Waals surface area contributed by atoms with Crippen LogP contribution in [0, 0.1) is 0 Å². The predicted molar refractivity (Wildman–Crippen MR) is 161 cm³/mol. The molecular formula is C28H34N6S2. The molecule has 0 aliphatic rings. The van der Waals surface area contributed by atoms with Gasteiger partial charge in [0.25, 0.3) is 0 Å². The molecule has 0 bridgehead atoms. The van der Waals surface area contributed by atoms with E-state index >= 15 is 0 Å². The van der Waals surface area contributed by atoms with Crippen LogP contribution in [0.5, 0.6) is 0 Å². The SMILES string of the molecule is CCN(CC)C(=S)NN=C(C(=NNC(=S)N(CC)CC)c1cccc2ccccc12)c1ccccc1. The summed E-state index contributed by atoms with van der Waals surface area (Å²) in [4.78, 5) is 4.09. The van der Waals surface area contributed by atoms with Gasteiger partial charge < -0.3 is 9.80 Å². The third kappa shape index (κ3) is 6.65. The summed E-state index contributed by atoms with van der Waals surface area (Å²) in [6.07, 6.45) is 0. The maximum absolute atomic E-state index is 5.64. The molecule has 0 heterocycles. The van der Waals surface area contributed by atoms with Crippen LogP contribution in [0.25, 0.3) is 10.8 Å². The van der Waals surface area contributed by atoms with Crippen molar-refractivity contribution in [1.82, 2.24) is 20.7 Å². The monoisotopic (exact) mass is 518 g/mol. The molecule has 0 saturated heterocycles. The number of thiocarbonyl (C=S) groups is 2. The topological polar surface area (TPSA) is 55.3 Å². The molecule has 8 heteroatoms. The Kier molecular flexibility index (Phi) is 10.3. The minimum Gasteiger partial charge on any atom is -0.348 e. The molecule has 188 valence electrons. The lowest BCUT2D eigenvalue weighted by Crippen LogP contribution is -2.39. The lowest BCUT2D eigenvalue weighted by Gasteiger charge is -2.22. The normalized spacial score (nSPS) is 11.8. The van der Waals surface area contributed by atoms with Gasteiger partial charge in [0.1, 0.15) is 11.4 Å². The molecule has 0 saturated carbocycles. The van der Waals surface area contributed by atoms with Crippen LogP contribution in [0.1, 0.15) is 38.8 Å². The van der Waals surface area contributed by atoms with Crippen LogP contribution in [0.2, 0.25) is 0 Å². The van der Waals surface area contributed by atoms with Crippen molar-refractivity contribution in [1.29, 1.82) is 0 Å². The molecule has 0 unspecified atom stereocenters. The number of nitrogens with zero attached hydrogens (tertiary/aromatic N) is 4. The number of hydrazone groups is 2. The van der Waals surface area contributed by atoms with Gasteiger partial charge in [-0.3, -0.25) is 10.9 Å². The zero-order chi connectivity index (χ0) is 25.9. The van der Waals surface area contributed by atoms with Gasteiger partial charge in [-0.05, 0) is 62.9 Å². The molecular weight excluding hydrogens is 484 g/mol. The van der Waals surface area contributed by atoms with Gasteiger partial charge >= 0.3 is 0 Å². The summed E-state index contributed by atoms with van der Waals surface area (Å²) < 4.78 is 0. The maximum atomic E-state index is 5.64. The minimum absolute atomic E-state index is 0.566. The van der Waals surface area contributed by atoms with Crippen LogP contribution in [0.3, 0.4) is 0 Å². The van der Waals surface area contributed by atoms with Crippen molar-refractivity contribution in [3.8, 4) is 0 Å². The molecule has 0 atom stereocenters. The second-order valence-electron chi connectivity index (χ2n) is 7.99. The van der Waals surface area contributed by atoms with E-state index in [9.17, 15) is 0 Å². The molecule has 3 aromatic carbocycles.